The number of urea groups is 1. The van der Waals surface area contributed by atoms with E-state index in [-0.39, 0.29) is 17.9 Å². The first kappa shape index (κ1) is 26.3. The fourth-order valence-electron chi connectivity index (χ4n) is 4.55. The lowest BCUT2D eigenvalue weighted by Gasteiger charge is -2.43. The minimum atomic E-state index is -1.52. The van der Waals surface area contributed by atoms with E-state index in [1.807, 2.05) is 24.8 Å². The molecule has 1 unspecified atom stereocenters. The number of piperidine rings is 1. The number of carbonyl (C=O) groups excluding carboxylic acids is 1. The summed E-state index contributed by atoms with van der Waals surface area (Å²) in [6.45, 7) is 9.84. The Labute approximate surface area is 208 Å². The van der Waals surface area contributed by atoms with Gasteiger partial charge in [0.25, 0.3) is 0 Å². The Morgan fingerprint density at radius 3 is 2.45 bits per heavy atom. The highest BCUT2D eigenvalue weighted by atomic mass is 35.5. The minimum Gasteiger partial charge on any atom is -0.489 e. The van der Waals surface area contributed by atoms with Crippen LogP contribution in [0.1, 0.15) is 44.6 Å². The molecular formula is C23H33Cl2N3O4S. The third-order valence-corrected chi connectivity index (χ3v) is 8.56. The molecule has 33 heavy (non-hydrogen) atoms. The molecule has 2 fully saturated rings. The summed E-state index contributed by atoms with van der Waals surface area (Å²) in [6.07, 6.45) is 3.37. The topological polar surface area (TPSA) is 96.1 Å². The molecule has 10 heteroatoms. The highest BCUT2D eigenvalue weighted by Gasteiger charge is 2.39. The Hall–Kier alpha value is -1.32. The number of ether oxygens (including phenoxy) is 1. The summed E-state index contributed by atoms with van der Waals surface area (Å²) >= 11 is 12.7. The number of carbonyl (C=O) groups is 1. The molecule has 2 aliphatic heterocycles. The van der Waals surface area contributed by atoms with E-state index < -0.39 is 21.8 Å². The number of hydrogen-bond donors (Lipinski definition) is 2. The molecule has 0 spiro atoms. The third-order valence-electron chi connectivity index (χ3n) is 6.58. The van der Waals surface area contributed by atoms with Crippen molar-refractivity contribution in [2.45, 2.75) is 49.9 Å². The molecule has 2 aliphatic rings. The van der Waals surface area contributed by atoms with Crippen molar-refractivity contribution < 1.29 is 18.8 Å². The molecular weight excluding hydrogens is 485 g/mol. The number of hydrogen-bond acceptors (Lipinski definition) is 4. The molecule has 184 valence electrons. The summed E-state index contributed by atoms with van der Waals surface area (Å²) in [6, 6.07) is 3.53. The summed E-state index contributed by atoms with van der Waals surface area (Å²) in [5.74, 6) is 0.799. The maximum atomic E-state index is 12.7. The quantitative estimate of drug-likeness (QED) is 0.510. The largest absolute Gasteiger partial charge is 0.489 e. The number of β-amino-alcohol motifs (C(OH)–C–C–N with tert-alkyl or cyclic N) is 1. The number of halogens is 2. The van der Waals surface area contributed by atoms with E-state index in [9.17, 15) is 14.1 Å². The molecule has 7 nitrogen and oxygen atoms in total. The second-order valence-corrected chi connectivity index (χ2v) is 12.0. The van der Waals surface area contributed by atoms with Gasteiger partial charge in [-0.2, -0.15) is 0 Å². The third kappa shape index (κ3) is 6.22. The van der Waals surface area contributed by atoms with Crippen molar-refractivity contribution in [2.75, 3.05) is 32.8 Å². The van der Waals surface area contributed by atoms with E-state index >= 15 is 0 Å². The van der Waals surface area contributed by atoms with E-state index in [2.05, 4.69) is 6.58 Å². The molecule has 1 aromatic carbocycles. The van der Waals surface area contributed by atoms with Crippen molar-refractivity contribution in [3.05, 3.63) is 40.4 Å². The van der Waals surface area contributed by atoms with E-state index in [1.54, 1.807) is 17.0 Å². The van der Waals surface area contributed by atoms with Crippen molar-refractivity contribution in [1.29, 1.82) is 0 Å². The predicted molar refractivity (Wildman–Crippen MR) is 133 cm³/mol. The normalized spacial score (nSPS) is 19.7. The predicted octanol–water partition coefficient (Wildman–Crippen LogP) is 3.94. The second-order valence-electron chi connectivity index (χ2n) is 9.44. The number of benzene rings is 1. The molecule has 0 aliphatic carbocycles. The Morgan fingerprint density at radius 2 is 1.91 bits per heavy atom. The zero-order valence-electron chi connectivity index (χ0n) is 19.1. The van der Waals surface area contributed by atoms with Gasteiger partial charge in [-0.15, -0.1) is 0 Å². The van der Waals surface area contributed by atoms with Crippen molar-refractivity contribution in [2.24, 2.45) is 11.1 Å². The number of nitrogens with two attached hydrogens (primary N) is 1. The highest BCUT2D eigenvalue weighted by Crippen LogP contribution is 2.45. The van der Waals surface area contributed by atoms with Crippen molar-refractivity contribution in [1.82, 2.24) is 9.80 Å². The van der Waals surface area contributed by atoms with Gasteiger partial charge in [0.15, 0.2) is 0 Å². The van der Waals surface area contributed by atoms with Crippen LogP contribution in [0.4, 0.5) is 4.79 Å². The summed E-state index contributed by atoms with van der Waals surface area (Å²) in [4.78, 5) is 16.2. The van der Waals surface area contributed by atoms with Gasteiger partial charge in [-0.05, 0) is 56.6 Å². The van der Waals surface area contributed by atoms with Gasteiger partial charge >= 0.3 is 6.03 Å². The first-order valence-corrected chi connectivity index (χ1v) is 13.1. The first-order valence-electron chi connectivity index (χ1n) is 11.1. The van der Waals surface area contributed by atoms with Crippen LogP contribution in [0.3, 0.4) is 0 Å². The second kappa shape index (κ2) is 11.0. The van der Waals surface area contributed by atoms with Gasteiger partial charge in [-0.3, -0.25) is 5.14 Å². The molecule has 0 aromatic heterocycles. The Bertz CT molecular complexity index is 900. The van der Waals surface area contributed by atoms with E-state index in [0.717, 1.165) is 18.4 Å². The molecule has 0 radical (unpaired) electrons. The number of likely N-dealkylation sites (tertiary alicyclic amines) is 2. The van der Waals surface area contributed by atoms with Crippen LogP contribution in [0.2, 0.25) is 10.0 Å². The van der Waals surface area contributed by atoms with Crippen molar-refractivity contribution in [3.63, 3.8) is 0 Å². The number of amides is 2. The summed E-state index contributed by atoms with van der Waals surface area (Å²) < 4.78 is 17.6. The van der Waals surface area contributed by atoms with Crippen LogP contribution in [0.5, 0.6) is 5.75 Å². The van der Waals surface area contributed by atoms with E-state index in [4.69, 9.17) is 33.1 Å². The highest BCUT2D eigenvalue weighted by molar-refractivity contribution is 7.84. The average molecular weight is 519 g/mol. The Balaban J connectivity index is 1.85. The van der Waals surface area contributed by atoms with Gasteiger partial charge in [0.2, 0.25) is 0 Å². The lowest BCUT2D eigenvalue weighted by molar-refractivity contribution is 0.0113. The standard InChI is InChI=1S/C23H33Cl2N3O4S/c1-4-9-32-21-11-20(25)19(24)10-17(21)18(12-23(2,3)33(26)31)15-5-7-27(8-6-15)22(30)28-13-16(29)14-28/h4,10-11,15-16,18,29H,1,5-9,12-14,26H2,2-3H3/t18-,33?/m1/s1. The summed E-state index contributed by atoms with van der Waals surface area (Å²) in [5.41, 5.74) is 0.903. The molecule has 2 amide bonds. The van der Waals surface area contributed by atoms with Crippen LogP contribution in [0.15, 0.2) is 24.8 Å². The van der Waals surface area contributed by atoms with Crippen LogP contribution in [0, 0.1) is 5.92 Å². The molecule has 2 saturated heterocycles. The average Bonchev–Trinajstić information content (AvgIpc) is 2.75. The Kier molecular flexibility index (Phi) is 8.72. The smallest absolute Gasteiger partial charge is 0.320 e. The van der Waals surface area contributed by atoms with Gasteiger partial charge in [-0.1, -0.05) is 35.9 Å². The molecule has 2 atom stereocenters. The number of aliphatic hydroxyl groups excluding tert-OH is 1. The van der Waals surface area contributed by atoms with Crippen LogP contribution >= 0.6 is 23.2 Å². The first-order chi connectivity index (χ1) is 15.5. The van der Waals surface area contributed by atoms with Gasteiger partial charge in [0.05, 0.1) is 45.0 Å². The molecule has 3 N–H and O–H groups in total. The fraction of sp³-hybridized carbons (Fsp3) is 0.609. The van der Waals surface area contributed by atoms with Gasteiger partial charge < -0.3 is 19.6 Å². The molecule has 2 heterocycles. The van der Waals surface area contributed by atoms with E-state index in [1.165, 1.54) is 0 Å². The number of aliphatic hydroxyl groups is 1. The van der Waals surface area contributed by atoms with Gasteiger partial charge in [0, 0.05) is 19.2 Å². The maximum Gasteiger partial charge on any atom is 0.320 e. The van der Waals surface area contributed by atoms with E-state index in [0.29, 0.717) is 55.0 Å². The van der Waals surface area contributed by atoms with Gasteiger partial charge in [0.1, 0.15) is 12.4 Å². The van der Waals surface area contributed by atoms with Crippen molar-refractivity contribution in [3.8, 4) is 5.75 Å². The number of nitrogens with zero attached hydrogens (tertiary/aromatic N) is 2. The number of rotatable bonds is 8. The zero-order valence-corrected chi connectivity index (χ0v) is 21.5. The Morgan fingerprint density at radius 1 is 1.30 bits per heavy atom. The SMILES string of the molecule is C=CCOc1cc(Cl)c(Cl)cc1[C@H](CC(C)(C)S(N)=O)C1CCN(C(=O)N2CC(O)C2)CC1. The molecule has 0 bridgehead atoms. The summed E-state index contributed by atoms with van der Waals surface area (Å²) in [7, 11) is -1.52. The molecule has 0 saturated carbocycles. The fourth-order valence-corrected chi connectivity index (χ4v) is 5.22. The zero-order chi connectivity index (χ0) is 24.3. The van der Waals surface area contributed by atoms with Crippen LogP contribution in [0.25, 0.3) is 0 Å². The van der Waals surface area contributed by atoms with Crippen LogP contribution < -0.4 is 9.88 Å². The minimum absolute atomic E-state index is 0.0248. The van der Waals surface area contributed by atoms with Crippen LogP contribution in [-0.2, 0) is 11.0 Å². The summed E-state index contributed by atoms with van der Waals surface area (Å²) in [5, 5.41) is 16.2. The monoisotopic (exact) mass is 517 g/mol. The maximum absolute atomic E-state index is 12.7. The van der Waals surface area contributed by atoms with Gasteiger partial charge in [-0.25, -0.2) is 9.00 Å². The lowest BCUT2D eigenvalue weighted by atomic mass is 9.75. The van der Waals surface area contributed by atoms with Crippen molar-refractivity contribution >= 4 is 40.2 Å². The molecule has 3 rings (SSSR count). The molecule has 1 aromatic rings. The lowest BCUT2D eigenvalue weighted by Crippen LogP contribution is -2.58. The van der Waals surface area contributed by atoms with Crippen LogP contribution in [-0.4, -0.2) is 68.8 Å².